The van der Waals surface area contributed by atoms with Crippen molar-refractivity contribution in [3.05, 3.63) is 69.3 Å². The van der Waals surface area contributed by atoms with Crippen LogP contribution in [0.1, 0.15) is 84.9 Å². The van der Waals surface area contributed by atoms with E-state index in [1.165, 1.54) is 41.5 Å². The summed E-state index contributed by atoms with van der Waals surface area (Å²) in [6.07, 6.45) is 6.06. The first kappa shape index (κ1) is 20.0. The number of alkyl halides is 2. The number of fused-ring (bicyclic) bond motifs is 1. The van der Waals surface area contributed by atoms with Gasteiger partial charge in [0, 0.05) is 5.56 Å². The lowest BCUT2D eigenvalue weighted by atomic mass is 9.85. The summed E-state index contributed by atoms with van der Waals surface area (Å²) in [5.74, 6) is 0.637. The molecule has 0 fully saturated rings. The fourth-order valence-electron chi connectivity index (χ4n) is 4.34. The molecule has 0 N–H and O–H groups in total. The van der Waals surface area contributed by atoms with Crippen molar-refractivity contribution in [2.45, 2.75) is 78.6 Å². The molecule has 0 spiro atoms. The molecule has 1 aliphatic carbocycles. The molecule has 146 valence electrons. The average Bonchev–Trinajstić information content (AvgIpc) is 2.62. The Hall–Kier alpha value is -1.70. The molecule has 0 radical (unpaired) electrons. The predicted molar refractivity (Wildman–Crippen MR) is 110 cm³/mol. The quantitative estimate of drug-likeness (QED) is 0.432. The van der Waals surface area contributed by atoms with Gasteiger partial charge < -0.3 is 0 Å². The Morgan fingerprint density at radius 2 is 1.70 bits per heavy atom. The Labute approximate surface area is 163 Å². The van der Waals surface area contributed by atoms with Gasteiger partial charge in [0.05, 0.1) is 0 Å². The maximum Gasteiger partial charge on any atom is 0.264 e. The van der Waals surface area contributed by atoms with Crippen LogP contribution in [-0.4, -0.2) is 0 Å². The van der Waals surface area contributed by atoms with E-state index in [-0.39, 0.29) is 5.56 Å². The van der Waals surface area contributed by atoms with Gasteiger partial charge >= 0.3 is 0 Å². The summed E-state index contributed by atoms with van der Waals surface area (Å²) in [6.45, 7) is 6.38. The Balaban J connectivity index is 1.82. The zero-order valence-electron chi connectivity index (χ0n) is 17.0. The number of rotatable bonds is 9. The van der Waals surface area contributed by atoms with E-state index in [0.717, 1.165) is 43.2 Å². The molecule has 2 aromatic rings. The molecule has 2 aromatic carbocycles. The van der Waals surface area contributed by atoms with Crippen LogP contribution in [0.25, 0.3) is 0 Å². The van der Waals surface area contributed by atoms with Crippen molar-refractivity contribution in [3.63, 3.8) is 0 Å². The predicted octanol–water partition coefficient (Wildman–Crippen LogP) is 7.38. The molecule has 0 saturated carbocycles. The first-order chi connectivity index (χ1) is 13.0. The molecular weight excluding hydrogens is 338 g/mol. The largest absolute Gasteiger partial charge is 0.264 e. The zero-order chi connectivity index (χ0) is 19.4. The summed E-state index contributed by atoms with van der Waals surface area (Å²) in [6, 6.07) is 10.5. The minimum Gasteiger partial charge on any atom is -0.205 e. The first-order valence-corrected chi connectivity index (χ1v) is 10.5. The van der Waals surface area contributed by atoms with Gasteiger partial charge in [-0.1, -0.05) is 57.4 Å². The van der Waals surface area contributed by atoms with Crippen LogP contribution < -0.4 is 0 Å². The molecule has 0 aliphatic heterocycles. The summed E-state index contributed by atoms with van der Waals surface area (Å²) < 4.78 is 27.3. The molecule has 0 amide bonds. The minimum absolute atomic E-state index is 0.236. The fraction of sp³-hybridized carbons (Fsp3) is 0.520. The smallest absolute Gasteiger partial charge is 0.205 e. The SMILES string of the molecule is CCCC(CC)CCc1cc(Cc2ccc3c(c2)CC3)c(C)cc1C(F)F. The molecule has 1 unspecified atom stereocenters. The second kappa shape index (κ2) is 8.99. The second-order valence-corrected chi connectivity index (χ2v) is 8.16. The maximum absolute atomic E-state index is 13.6. The van der Waals surface area contributed by atoms with E-state index < -0.39 is 6.43 Å². The fourth-order valence-corrected chi connectivity index (χ4v) is 4.34. The second-order valence-electron chi connectivity index (χ2n) is 8.16. The monoisotopic (exact) mass is 370 g/mol. The van der Waals surface area contributed by atoms with Gasteiger partial charge in [-0.15, -0.1) is 0 Å². The van der Waals surface area contributed by atoms with Crippen LogP contribution in [0.4, 0.5) is 8.78 Å². The maximum atomic E-state index is 13.6. The van der Waals surface area contributed by atoms with Gasteiger partial charge in [0.1, 0.15) is 0 Å². The Morgan fingerprint density at radius 3 is 2.30 bits per heavy atom. The summed E-state index contributed by atoms with van der Waals surface area (Å²) >= 11 is 0. The van der Waals surface area contributed by atoms with Crippen LogP contribution in [0, 0.1) is 12.8 Å². The molecular formula is C25H32F2. The lowest BCUT2D eigenvalue weighted by Gasteiger charge is -2.20. The van der Waals surface area contributed by atoms with E-state index in [0.29, 0.717) is 5.92 Å². The van der Waals surface area contributed by atoms with Crippen LogP contribution in [0.15, 0.2) is 30.3 Å². The molecule has 1 aliphatic rings. The van der Waals surface area contributed by atoms with Crippen LogP contribution in [0.2, 0.25) is 0 Å². The van der Waals surface area contributed by atoms with Gasteiger partial charge in [-0.05, 0) is 84.4 Å². The van der Waals surface area contributed by atoms with Gasteiger partial charge in [-0.2, -0.15) is 0 Å². The van der Waals surface area contributed by atoms with Crippen molar-refractivity contribution in [1.82, 2.24) is 0 Å². The van der Waals surface area contributed by atoms with Gasteiger partial charge in [0.25, 0.3) is 6.43 Å². The minimum atomic E-state index is -2.39. The van der Waals surface area contributed by atoms with E-state index >= 15 is 0 Å². The van der Waals surface area contributed by atoms with E-state index in [1.807, 2.05) is 6.92 Å². The molecule has 0 nitrogen and oxygen atoms in total. The average molecular weight is 371 g/mol. The van der Waals surface area contributed by atoms with Gasteiger partial charge in [-0.3, -0.25) is 0 Å². The third kappa shape index (κ3) is 4.78. The van der Waals surface area contributed by atoms with Crippen LogP contribution >= 0.6 is 0 Å². The Morgan fingerprint density at radius 1 is 0.926 bits per heavy atom. The third-order valence-electron chi connectivity index (χ3n) is 6.26. The highest BCUT2D eigenvalue weighted by molar-refractivity contribution is 5.44. The van der Waals surface area contributed by atoms with E-state index in [2.05, 4.69) is 38.1 Å². The lowest BCUT2D eigenvalue weighted by molar-refractivity contribution is 0.150. The first-order valence-electron chi connectivity index (χ1n) is 10.5. The molecule has 3 rings (SSSR count). The highest BCUT2D eigenvalue weighted by Crippen LogP contribution is 2.31. The molecule has 0 aromatic heterocycles. The number of halogens is 2. The van der Waals surface area contributed by atoms with Crippen molar-refractivity contribution in [3.8, 4) is 0 Å². The van der Waals surface area contributed by atoms with Crippen molar-refractivity contribution in [2.75, 3.05) is 0 Å². The Bertz CT molecular complexity index is 776. The molecule has 2 heteroatoms. The normalized spacial score (nSPS) is 14.1. The van der Waals surface area contributed by atoms with E-state index in [4.69, 9.17) is 0 Å². The number of aryl methyl sites for hydroxylation is 4. The highest BCUT2D eigenvalue weighted by atomic mass is 19.3. The van der Waals surface area contributed by atoms with Crippen LogP contribution in [-0.2, 0) is 25.7 Å². The summed E-state index contributed by atoms with van der Waals surface area (Å²) in [5, 5.41) is 0. The van der Waals surface area contributed by atoms with Crippen LogP contribution in [0.3, 0.4) is 0 Å². The number of benzene rings is 2. The Kier molecular flexibility index (Phi) is 6.68. The topological polar surface area (TPSA) is 0 Å². The van der Waals surface area contributed by atoms with E-state index in [1.54, 1.807) is 6.07 Å². The lowest BCUT2D eigenvalue weighted by Crippen LogP contribution is -2.09. The van der Waals surface area contributed by atoms with Gasteiger partial charge in [-0.25, -0.2) is 8.78 Å². The molecule has 1 atom stereocenters. The molecule has 27 heavy (non-hydrogen) atoms. The summed E-state index contributed by atoms with van der Waals surface area (Å²) in [5.41, 5.74) is 7.48. The standard InChI is InChI=1S/C25H32F2/c1-4-6-18(5-2)7-10-22-16-23(17(3)13-24(22)25(26)27)15-19-8-9-20-11-12-21(20)14-19/h8-9,13-14,16,18,25H,4-7,10-12,15H2,1-3H3. The number of hydrogen-bond acceptors (Lipinski definition) is 0. The molecule has 0 heterocycles. The number of hydrogen-bond donors (Lipinski definition) is 0. The van der Waals surface area contributed by atoms with Crippen LogP contribution in [0.5, 0.6) is 0 Å². The van der Waals surface area contributed by atoms with Crippen molar-refractivity contribution < 1.29 is 8.78 Å². The molecule has 0 saturated heterocycles. The summed E-state index contributed by atoms with van der Waals surface area (Å²) in [7, 11) is 0. The van der Waals surface area contributed by atoms with Crippen molar-refractivity contribution >= 4 is 0 Å². The molecule has 0 bridgehead atoms. The van der Waals surface area contributed by atoms with Gasteiger partial charge in [0.2, 0.25) is 0 Å². The van der Waals surface area contributed by atoms with Gasteiger partial charge in [0.15, 0.2) is 0 Å². The zero-order valence-corrected chi connectivity index (χ0v) is 17.0. The van der Waals surface area contributed by atoms with Crippen molar-refractivity contribution in [2.24, 2.45) is 5.92 Å². The highest BCUT2D eigenvalue weighted by Gasteiger charge is 2.18. The summed E-state index contributed by atoms with van der Waals surface area (Å²) in [4.78, 5) is 0. The third-order valence-corrected chi connectivity index (χ3v) is 6.26. The van der Waals surface area contributed by atoms with Crippen molar-refractivity contribution in [1.29, 1.82) is 0 Å². The van der Waals surface area contributed by atoms with E-state index in [9.17, 15) is 8.78 Å².